The van der Waals surface area contributed by atoms with Crippen molar-refractivity contribution < 1.29 is 14.3 Å². The number of carbonyl (C=O) groups is 1. The Bertz CT molecular complexity index is 1380. The molecule has 0 unspecified atom stereocenters. The van der Waals surface area contributed by atoms with E-state index in [0.29, 0.717) is 29.2 Å². The number of nitrogens with one attached hydrogen (secondary N) is 1. The van der Waals surface area contributed by atoms with Crippen molar-refractivity contribution in [1.82, 2.24) is 4.57 Å². The number of benzene rings is 3. The molecule has 3 aromatic carbocycles. The van der Waals surface area contributed by atoms with Gasteiger partial charge in [0, 0.05) is 17.3 Å². The van der Waals surface area contributed by atoms with Gasteiger partial charge in [0.05, 0.1) is 19.7 Å². The zero-order chi connectivity index (χ0) is 24.1. The van der Waals surface area contributed by atoms with E-state index < -0.39 is 0 Å². The van der Waals surface area contributed by atoms with E-state index in [9.17, 15) is 9.59 Å². The van der Waals surface area contributed by atoms with Crippen LogP contribution >= 0.6 is 0 Å². The molecule has 1 amide bonds. The summed E-state index contributed by atoms with van der Waals surface area (Å²) in [5, 5.41) is 3.80. The molecule has 6 heteroatoms. The molecule has 0 aliphatic rings. The summed E-state index contributed by atoms with van der Waals surface area (Å²) in [6.45, 7) is 1.88. The Kier molecular flexibility index (Phi) is 6.97. The summed E-state index contributed by atoms with van der Waals surface area (Å²) in [6, 6.07) is 23.1. The van der Waals surface area contributed by atoms with Crippen LogP contribution in [0.15, 0.2) is 77.6 Å². The molecule has 0 bridgehead atoms. The molecule has 0 radical (unpaired) electrons. The highest BCUT2D eigenvalue weighted by Crippen LogP contribution is 2.29. The zero-order valence-electron chi connectivity index (χ0n) is 19.6. The number of pyridine rings is 1. The standard InChI is InChI=1S/C28H28N2O4/c1-19-9-11-21-16-22(12-10-20-7-5-4-6-8-20)28(32)30(24(21)15-19)18-27(31)29-23-13-14-25(33-2)26(17-23)34-3/h4-9,11,13-17H,10,12,18H2,1-3H3,(H,29,31). The largest absolute Gasteiger partial charge is 0.493 e. The Labute approximate surface area is 198 Å². The first-order chi connectivity index (χ1) is 16.5. The maximum atomic E-state index is 13.4. The molecule has 1 N–H and O–H groups in total. The molecule has 4 aromatic rings. The molecule has 0 aliphatic carbocycles. The van der Waals surface area contributed by atoms with Gasteiger partial charge in [-0.3, -0.25) is 14.2 Å². The molecule has 0 fully saturated rings. The molecular formula is C28H28N2O4. The molecule has 4 rings (SSSR count). The third-order valence-corrected chi connectivity index (χ3v) is 5.82. The number of anilines is 1. The molecule has 1 aromatic heterocycles. The van der Waals surface area contributed by atoms with Gasteiger partial charge in [0.15, 0.2) is 11.5 Å². The number of nitrogens with zero attached hydrogens (tertiary/aromatic N) is 1. The first-order valence-corrected chi connectivity index (χ1v) is 11.2. The average Bonchev–Trinajstić information content (AvgIpc) is 2.85. The van der Waals surface area contributed by atoms with Crippen LogP contribution in [0.5, 0.6) is 11.5 Å². The molecule has 0 spiro atoms. The number of amides is 1. The summed E-state index contributed by atoms with van der Waals surface area (Å²) < 4.78 is 12.1. The third kappa shape index (κ3) is 5.12. The van der Waals surface area contributed by atoms with Gasteiger partial charge < -0.3 is 14.8 Å². The molecule has 0 saturated heterocycles. The van der Waals surface area contributed by atoms with Crippen molar-refractivity contribution in [3.8, 4) is 11.5 Å². The smallest absolute Gasteiger partial charge is 0.254 e. The fourth-order valence-electron chi connectivity index (χ4n) is 4.06. The Morgan fingerprint density at radius 2 is 1.65 bits per heavy atom. The summed E-state index contributed by atoms with van der Waals surface area (Å²) in [7, 11) is 3.10. The number of rotatable bonds is 8. The minimum Gasteiger partial charge on any atom is -0.493 e. The fourth-order valence-corrected chi connectivity index (χ4v) is 4.06. The van der Waals surface area contributed by atoms with Gasteiger partial charge in [0.1, 0.15) is 6.54 Å². The number of hydrogen-bond acceptors (Lipinski definition) is 4. The van der Waals surface area contributed by atoms with Crippen LogP contribution in [0.1, 0.15) is 16.7 Å². The highest BCUT2D eigenvalue weighted by Gasteiger charge is 2.14. The van der Waals surface area contributed by atoms with E-state index in [4.69, 9.17) is 9.47 Å². The topological polar surface area (TPSA) is 69.6 Å². The van der Waals surface area contributed by atoms with E-state index >= 15 is 0 Å². The number of hydrogen-bond donors (Lipinski definition) is 1. The number of fused-ring (bicyclic) bond motifs is 1. The second-order valence-corrected chi connectivity index (χ2v) is 8.23. The van der Waals surface area contributed by atoms with Crippen LogP contribution in [0.25, 0.3) is 10.9 Å². The van der Waals surface area contributed by atoms with Crippen molar-refractivity contribution in [3.05, 3.63) is 99.8 Å². The van der Waals surface area contributed by atoms with E-state index in [-0.39, 0.29) is 18.0 Å². The molecule has 174 valence electrons. The van der Waals surface area contributed by atoms with E-state index in [1.54, 1.807) is 37.0 Å². The summed E-state index contributed by atoms with van der Waals surface area (Å²) in [6.07, 6.45) is 1.36. The summed E-state index contributed by atoms with van der Waals surface area (Å²) in [5.74, 6) is 0.795. The van der Waals surface area contributed by atoms with Crippen LogP contribution in [0.3, 0.4) is 0 Å². The van der Waals surface area contributed by atoms with Crippen LogP contribution in [0, 0.1) is 6.92 Å². The Morgan fingerprint density at radius 3 is 2.38 bits per heavy atom. The van der Waals surface area contributed by atoms with Crippen LogP contribution in [-0.2, 0) is 24.2 Å². The maximum Gasteiger partial charge on any atom is 0.254 e. The first kappa shape index (κ1) is 23.1. The third-order valence-electron chi connectivity index (χ3n) is 5.82. The van der Waals surface area contributed by atoms with Crippen molar-refractivity contribution >= 4 is 22.5 Å². The Morgan fingerprint density at radius 1 is 0.882 bits per heavy atom. The summed E-state index contributed by atoms with van der Waals surface area (Å²) in [5.41, 5.74) is 4.06. The fraction of sp³-hybridized carbons (Fsp3) is 0.214. The zero-order valence-corrected chi connectivity index (χ0v) is 19.6. The van der Waals surface area contributed by atoms with Crippen LogP contribution in [0.4, 0.5) is 5.69 Å². The lowest BCUT2D eigenvalue weighted by molar-refractivity contribution is -0.116. The monoisotopic (exact) mass is 456 g/mol. The van der Waals surface area contributed by atoms with Crippen molar-refractivity contribution in [2.75, 3.05) is 19.5 Å². The number of methoxy groups -OCH3 is 2. The number of ether oxygens (including phenoxy) is 2. The summed E-state index contributed by atoms with van der Waals surface area (Å²) in [4.78, 5) is 26.4. The molecule has 0 aliphatic heterocycles. The van der Waals surface area contributed by atoms with E-state index in [2.05, 4.69) is 17.4 Å². The normalized spacial score (nSPS) is 10.8. The van der Waals surface area contributed by atoms with Crippen LogP contribution in [-0.4, -0.2) is 24.7 Å². The highest BCUT2D eigenvalue weighted by atomic mass is 16.5. The predicted molar refractivity (Wildman–Crippen MR) is 135 cm³/mol. The molecule has 1 heterocycles. The molecule has 6 nitrogen and oxygen atoms in total. The second kappa shape index (κ2) is 10.3. The SMILES string of the molecule is COc1ccc(NC(=O)Cn2c(=O)c(CCc3ccccc3)cc3ccc(C)cc32)cc1OC. The van der Waals surface area contributed by atoms with Gasteiger partial charge in [-0.2, -0.15) is 0 Å². The lowest BCUT2D eigenvalue weighted by Gasteiger charge is -2.15. The Hall–Kier alpha value is -4.06. The number of carbonyl (C=O) groups excluding carboxylic acids is 1. The van der Waals surface area contributed by atoms with Crippen molar-refractivity contribution in [2.45, 2.75) is 26.3 Å². The maximum absolute atomic E-state index is 13.4. The molecule has 0 saturated carbocycles. The van der Waals surface area contributed by atoms with Crippen molar-refractivity contribution in [1.29, 1.82) is 0 Å². The van der Waals surface area contributed by atoms with E-state index in [1.807, 2.05) is 49.4 Å². The number of aryl methyl sites for hydroxylation is 3. The van der Waals surface area contributed by atoms with E-state index in [0.717, 1.165) is 22.9 Å². The van der Waals surface area contributed by atoms with Crippen molar-refractivity contribution in [3.63, 3.8) is 0 Å². The number of aromatic nitrogens is 1. The van der Waals surface area contributed by atoms with Gasteiger partial charge in [-0.15, -0.1) is 0 Å². The quantitative estimate of drug-likeness (QED) is 0.415. The average molecular weight is 457 g/mol. The molecule has 34 heavy (non-hydrogen) atoms. The Balaban J connectivity index is 1.63. The summed E-state index contributed by atoms with van der Waals surface area (Å²) >= 11 is 0. The van der Waals surface area contributed by atoms with Crippen LogP contribution < -0.4 is 20.3 Å². The van der Waals surface area contributed by atoms with Gasteiger partial charge in [-0.05, 0) is 60.5 Å². The molecular weight excluding hydrogens is 428 g/mol. The molecule has 0 atom stereocenters. The van der Waals surface area contributed by atoms with E-state index in [1.165, 1.54) is 5.56 Å². The van der Waals surface area contributed by atoms with Crippen molar-refractivity contribution in [2.24, 2.45) is 0 Å². The highest BCUT2D eigenvalue weighted by molar-refractivity contribution is 5.92. The van der Waals surface area contributed by atoms with Gasteiger partial charge in [0.25, 0.3) is 5.56 Å². The lowest BCUT2D eigenvalue weighted by atomic mass is 10.0. The lowest BCUT2D eigenvalue weighted by Crippen LogP contribution is -2.30. The second-order valence-electron chi connectivity index (χ2n) is 8.23. The minimum atomic E-state index is -0.294. The van der Waals surface area contributed by atoms with Gasteiger partial charge >= 0.3 is 0 Å². The van der Waals surface area contributed by atoms with Crippen LogP contribution in [0.2, 0.25) is 0 Å². The minimum absolute atomic E-state index is 0.0910. The predicted octanol–water partition coefficient (Wildman–Crippen LogP) is 4.75. The van der Waals surface area contributed by atoms with Gasteiger partial charge in [-0.25, -0.2) is 0 Å². The van der Waals surface area contributed by atoms with Gasteiger partial charge in [0.2, 0.25) is 5.91 Å². The van der Waals surface area contributed by atoms with Gasteiger partial charge in [-0.1, -0.05) is 42.5 Å². The first-order valence-electron chi connectivity index (χ1n) is 11.2.